The van der Waals surface area contributed by atoms with Crippen molar-refractivity contribution in [3.63, 3.8) is 0 Å². The summed E-state index contributed by atoms with van der Waals surface area (Å²) in [6, 6.07) is 27.5. The summed E-state index contributed by atoms with van der Waals surface area (Å²) in [5.41, 5.74) is 3.25. The third-order valence-electron chi connectivity index (χ3n) is 4.82. The average Bonchev–Trinajstić information content (AvgIpc) is 3.10. The molecule has 1 saturated heterocycles. The third kappa shape index (κ3) is 5.63. The van der Waals surface area contributed by atoms with Gasteiger partial charge in [-0.3, -0.25) is 14.5 Å². The molecule has 3 aromatic rings. The Morgan fingerprint density at radius 2 is 1.50 bits per heavy atom. The van der Waals surface area contributed by atoms with E-state index < -0.39 is 5.44 Å². The van der Waals surface area contributed by atoms with E-state index in [1.165, 1.54) is 4.90 Å². The molecule has 1 heterocycles. The largest absolute Gasteiger partial charge is 0.393 e. The minimum Gasteiger partial charge on any atom is -0.393 e. The van der Waals surface area contributed by atoms with Gasteiger partial charge in [-0.1, -0.05) is 90.1 Å². The number of ether oxygens (including phenoxy) is 1. The predicted molar refractivity (Wildman–Crippen MR) is 125 cm³/mol. The molecule has 1 aliphatic heterocycles. The first-order chi connectivity index (χ1) is 15.7. The van der Waals surface area contributed by atoms with Gasteiger partial charge in [0.1, 0.15) is 6.61 Å². The van der Waals surface area contributed by atoms with Crippen LogP contribution < -0.4 is 0 Å². The molecule has 3 aromatic carbocycles. The van der Waals surface area contributed by atoms with Crippen LogP contribution in [0.3, 0.4) is 0 Å². The van der Waals surface area contributed by atoms with Crippen LogP contribution in [0, 0.1) is 0 Å². The zero-order valence-electron chi connectivity index (χ0n) is 17.3. The van der Waals surface area contributed by atoms with E-state index in [9.17, 15) is 9.59 Å². The molecule has 0 aliphatic carbocycles. The van der Waals surface area contributed by atoms with Gasteiger partial charge in [0.25, 0.3) is 11.1 Å². The lowest BCUT2D eigenvalue weighted by atomic mass is 10.0. The van der Waals surface area contributed by atoms with Crippen LogP contribution in [0.5, 0.6) is 0 Å². The molecular formula is C25H22N2O4S. The lowest BCUT2D eigenvalue weighted by Gasteiger charge is -2.13. The van der Waals surface area contributed by atoms with Crippen molar-refractivity contribution in [2.24, 2.45) is 5.16 Å². The van der Waals surface area contributed by atoms with Crippen molar-refractivity contribution in [1.82, 2.24) is 4.90 Å². The molecule has 0 aromatic heterocycles. The zero-order chi connectivity index (χ0) is 22.2. The Labute approximate surface area is 190 Å². The number of oxime groups is 1. The van der Waals surface area contributed by atoms with E-state index in [1.807, 2.05) is 72.8 Å². The van der Waals surface area contributed by atoms with Crippen molar-refractivity contribution in [2.45, 2.75) is 12.0 Å². The average molecular weight is 447 g/mol. The second-order valence-corrected chi connectivity index (χ2v) is 8.07. The van der Waals surface area contributed by atoms with Crippen LogP contribution in [0.4, 0.5) is 4.79 Å². The lowest BCUT2D eigenvalue weighted by molar-refractivity contribution is -0.134. The number of benzene rings is 3. The van der Waals surface area contributed by atoms with E-state index in [-0.39, 0.29) is 30.9 Å². The Bertz CT molecular complexity index is 1070. The highest BCUT2D eigenvalue weighted by atomic mass is 32.2. The number of hydrogen-bond acceptors (Lipinski definition) is 6. The number of nitrogens with zero attached hydrogens (tertiary/aromatic N) is 2. The van der Waals surface area contributed by atoms with Crippen molar-refractivity contribution in [3.05, 3.63) is 96.1 Å². The molecule has 1 atom stereocenters. The van der Waals surface area contributed by atoms with Crippen molar-refractivity contribution in [3.8, 4) is 11.1 Å². The molecule has 0 bridgehead atoms. The molecule has 0 spiro atoms. The number of carbonyl (C=O) groups excluding carboxylic acids is 2. The molecule has 4 rings (SSSR count). The minimum atomic E-state index is -0.843. The maximum Gasteiger partial charge on any atom is 0.291 e. The first-order valence-corrected chi connectivity index (χ1v) is 11.1. The monoisotopic (exact) mass is 446 g/mol. The summed E-state index contributed by atoms with van der Waals surface area (Å²) >= 11 is 0.882. The van der Waals surface area contributed by atoms with Crippen LogP contribution in [-0.2, 0) is 20.9 Å². The van der Waals surface area contributed by atoms with Crippen LogP contribution >= 0.6 is 11.8 Å². The zero-order valence-corrected chi connectivity index (χ0v) is 18.1. The fourth-order valence-corrected chi connectivity index (χ4v) is 4.03. The molecule has 162 valence electrons. The number of imide groups is 1. The van der Waals surface area contributed by atoms with Gasteiger partial charge in [0.05, 0.1) is 19.4 Å². The van der Waals surface area contributed by atoms with Gasteiger partial charge >= 0.3 is 0 Å². The molecule has 1 unspecified atom stereocenters. The van der Waals surface area contributed by atoms with Gasteiger partial charge in [-0.25, -0.2) is 0 Å². The van der Waals surface area contributed by atoms with E-state index >= 15 is 0 Å². The third-order valence-corrected chi connectivity index (χ3v) is 5.79. The van der Waals surface area contributed by atoms with Gasteiger partial charge in [-0.15, -0.1) is 0 Å². The first-order valence-electron chi connectivity index (χ1n) is 10.2. The van der Waals surface area contributed by atoms with Gasteiger partial charge in [-0.2, -0.15) is 0 Å². The molecule has 0 radical (unpaired) electrons. The fourth-order valence-electron chi connectivity index (χ4n) is 3.17. The number of carbonyl (C=O) groups is 2. The minimum absolute atomic E-state index is 0.153. The summed E-state index contributed by atoms with van der Waals surface area (Å²) in [7, 11) is 0. The van der Waals surface area contributed by atoms with Crippen molar-refractivity contribution in [2.75, 3.05) is 13.2 Å². The summed E-state index contributed by atoms with van der Waals surface area (Å²) in [5, 5.41) is 3.63. The Morgan fingerprint density at radius 1 is 0.844 bits per heavy atom. The maximum absolute atomic E-state index is 12.4. The topological polar surface area (TPSA) is 68.2 Å². The normalized spacial score (nSPS) is 16.1. The summed E-state index contributed by atoms with van der Waals surface area (Å²) < 4.78 is 5.52. The Hall–Kier alpha value is -3.42. The summed E-state index contributed by atoms with van der Waals surface area (Å²) in [6.07, 6.45) is 1.62. The number of thioether (sulfide) groups is 1. The van der Waals surface area contributed by atoms with Crippen molar-refractivity contribution >= 4 is 29.1 Å². The van der Waals surface area contributed by atoms with E-state index in [4.69, 9.17) is 9.57 Å². The van der Waals surface area contributed by atoms with Crippen molar-refractivity contribution in [1.29, 1.82) is 0 Å². The number of rotatable bonds is 9. The molecule has 1 aliphatic rings. The highest BCUT2D eigenvalue weighted by Gasteiger charge is 2.40. The highest BCUT2D eigenvalue weighted by molar-refractivity contribution is 8.15. The second kappa shape index (κ2) is 10.7. The highest BCUT2D eigenvalue weighted by Crippen LogP contribution is 2.29. The molecule has 32 heavy (non-hydrogen) atoms. The van der Waals surface area contributed by atoms with Gasteiger partial charge < -0.3 is 9.57 Å². The van der Waals surface area contributed by atoms with Crippen molar-refractivity contribution < 1.29 is 19.2 Å². The predicted octanol–water partition coefficient (Wildman–Crippen LogP) is 4.94. The standard InChI is InChI=1S/C25H22N2O4S/c28-23-24(32-25(29)27(23)18-20-7-3-1-4-8-20)30-15-16-31-26-17-19-11-13-22(14-12-19)21-9-5-2-6-10-21/h1-14,17,24H,15-16,18H2. The van der Waals surface area contributed by atoms with Crippen LogP contribution in [0.15, 0.2) is 90.1 Å². The van der Waals surface area contributed by atoms with E-state index in [0.717, 1.165) is 34.0 Å². The summed E-state index contributed by atoms with van der Waals surface area (Å²) in [5.74, 6) is -0.342. The summed E-state index contributed by atoms with van der Waals surface area (Å²) in [4.78, 5) is 31.0. The van der Waals surface area contributed by atoms with Crippen LogP contribution in [0.25, 0.3) is 11.1 Å². The molecule has 0 saturated carbocycles. The summed E-state index contributed by atoms with van der Waals surface area (Å²) in [6.45, 7) is 0.575. The van der Waals surface area contributed by atoms with E-state index in [1.54, 1.807) is 6.21 Å². The smallest absolute Gasteiger partial charge is 0.291 e. The molecule has 7 heteroatoms. The van der Waals surface area contributed by atoms with Gasteiger partial charge in [-0.05, 0) is 34.0 Å². The quantitative estimate of drug-likeness (QED) is 0.265. The SMILES string of the molecule is O=C1SC(OCCON=Cc2ccc(-c3ccccc3)cc2)C(=O)N1Cc1ccccc1. The Kier molecular flexibility index (Phi) is 7.32. The Balaban J connectivity index is 1.19. The fraction of sp³-hybridized carbons (Fsp3) is 0.160. The van der Waals surface area contributed by atoms with E-state index in [0.29, 0.717) is 0 Å². The molecule has 2 amide bonds. The van der Waals surface area contributed by atoms with Crippen LogP contribution in [0.1, 0.15) is 11.1 Å². The lowest BCUT2D eigenvalue weighted by Crippen LogP contribution is -2.32. The molecule has 1 fully saturated rings. The van der Waals surface area contributed by atoms with E-state index in [2.05, 4.69) is 17.3 Å². The Morgan fingerprint density at radius 3 is 2.22 bits per heavy atom. The van der Waals surface area contributed by atoms with Crippen LogP contribution in [-0.4, -0.2) is 40.9 Å². The van der Waals surface area contributed by atoms with Gasteiger partial charge in [0.15, 0.2) is 5.44 Å². The molecule has 6 nitrogen and oxygen atoms in total. The second-order valence-electron chi connectivity index (χ2n) is 7.05. The van der Waals surface area contributed by atoms with Gasteiger partial charge in [0, 0.05) is 0 Å². The first kappa shape index (κ1) is 21.8. The molecular weight excluding hydrogens is 424 g/mol. The molecule has 0 N–H and O–H groups in total. The van der Waals surface area contributed by atoms with Crippen LogP contribution in [0.2, 0.25) is 0 Å². The van der Waals surface area contributed by atoms with Gasteiger partial charge in [0.2, 0.25) is 0 Å². The number of hydrogen-bond donors (Lipinski definition) is 0. The number of amides is 2. The maximum atomic E-state index is 12.4.